The van der Waals surface area contributed by atoms with Gasteiger partial charge in [0.05, 0.1) is 12.9 Å². The number of benzene rings is 2. The maximum Gasteiger partial charge on any atom is 0.126 e. The third-order valence-electron chi connectivity index (χ3n) is 4.49. The molecule has 1 unspecified atom stereocenters. The molecular formula is C20H20N2O3. The highest BCUT2D eigenvalue weighted by molar-refractivity contribution is 5.45. The van der Waals surface area contributed by atoms with Crippen LogP contribution in [0.1, 0.15) is 23.5 Å². The topological polar surface area (TPSA) is 56.5 Å². The van der Waals surface area contributed by atoms with Crippen molar-refractivity contribution in [3.05, 3.63) is 72.3 Å². The second-order valence-electron chi connectivity index (χ2n) is 6.14. The van der Waals surface area contributed by atoms with Crippen LogP contribution in [-0.2, 0) is 6.61 Å². The molecule has 0 amide bonds. The first-order chi connectivity index (χ1) is 12.3. The van der Waals surface area contributed by atoms with Gasteiger partial charge in [-0.3, -0.25) is 0 Å². The van der Waals surface area contributed by atoms with Crippen molar-refractivity contribution in [1.82, 2.24) is 9.55 Å². The predicted octanol–water partition coefficient (Wildman–Crippen LogP) is 3.31. The quantitative estimate of drug-likeness (QED) is 0.750. The lowest BCUT2D eigenvalue weighted by molar-refractivity contribution is 0.254. The van der Waals surface area contributed by atoms with E-state index in [1.807, 2.05) is 41.1 Å². The van der Waals surface area contributed by atoms with E-state index in [4.69, 9.17) is 14.6 Å². The van der Waals surface area contributed by atoms with Crippen molar-refractivity contribution in [2.45, 2.75) is 18.9 Å². The van der Waals surface area contributed by atoms with Gasteiger partial charge in [-0.1, -0.05) is 18.2 Å². The van der Waals surface area contributed by atoms with Gasteiger partial charge in [-0.25, -0.2) is 4.98 Å². The summed E-state index contributed by atoms with van der Waals surface area (Å²) in [5.74, 6) is 1.94. The van der Waals surface area contributed by atoms with Crippen LogP contribution >= 0.6 is 0 Å². The smallest absolute Gasteiger partial charge is 0.126 e. The Kier molecular flexibility index (Phi) is 4.39. The van der Waals surface area contributed by atoms with E-state index in [9.17, 15) is 0 Å². The molecule has 0 radical (unpaired) electrons. The zero-order valence-corrected chi connectivity index (χ0v) is 13.8. The highest BCUT2D eigenvalue weighted by Crippen LogP contribution is 2.38. The van der Waals surface area contributed by atoms with Gasteiger partial charge in [-0.15, -0.1) is 0 Å². The average Bonchev–Trinajstić information content (AvgIpc) is 3.31. The number of fused-ring (bicyclic) bond motifs is 1. The minimum absolute atomic E-state index is 0.181. The number of aromatic nitrogens is 2. The molecule has 1 atom stereocenters. The largest absolute Gasteiger partial charge is 0.493 e. The lowest BCUT2D eigenvalue weighted by atomic mass is 9.98. The van der Waals surface area contributed by atoms with E-state index in [2.05, 4.69) is 17.1 Å². The Hall–Kier alpha value is -2.79. The van der Waals surface area contributed by atoms with Crippen molar-refractivity contribution in [3.63, 3.8) is 0 Å². The number of ether oxygens (including phenoxy) is 2. The molecule has 5 nitrogen and oxygen atoms in total. The summed E-state index contributed by atoms with van der Waals surface area (Å²) in [7, 11) is 0. The van der Waals surface area contributed by atoms with Gasteiger partial charge in [0.15, 0.2) is 0 Å². The second-order valence-corrected chi connectivity index (χ2v) is 6.14. The van der Waals surface area contributed by atoms with E-state index in [0.717, 1.165) is 34.7 Å². The molecule has 2 aromatic carbocycles. The van der Waals surface area contributed by atoms with Gasteiger partial charge in [0, 0.05) is 42.2 Å². The first-order valence-electron chi connectivity index (χ1n) is 8.41. The standard InChI is InChI=1S/C20H20N2O3/c23-10-7-16-13-25-20-11-18(5-6-19(16)20)24-12-15-1-3-17(4-2-15)22-9-8-21-14-22/h1-6,8-9,11,14,16,23H,7,10,12-13H2. The van der Waals surface area contributed by atoms with Gasteiger partial charge in [-0.2, -0.15) is 0 Å². The minimum Gasteiger partial charge on any atom is -0.493 e. The molecule has 0 saturated heterocycles. The zero-order valence-electron chi connectivity index (χ0n) is 13.8. The number of nitrogens with zero attached hydrogens (tertiary/aromatic N) is 2. The average molecular weight is 336 g/mol. The van der Waals surface area contributed by atoms with Gasteiger partial charge in [-0.05, 0) is 30.2 Å². The Balaban J connectivity index is 1.40. The highest BCUT2D eigenvalue weighted by Gasteiger charge is 2.23. The highest BCUT2D eigenvalue weighted by atomic mass is 16.5. The van der Waals surface area contributed by atoms with E-state index in [1.54, 1.807) is 12.5 Å². The second kappa shape index (κ2) is 6.99. The molecule has 0 bridgehead atoms. The Morgan fingerprint density at radius 3 is 2.84 bits per heavy atom. The Labute approximate surface area is 146 Å². The van der Waals surface area contributed by atoms with E-state index >= 15 is 0 Å². The van der Waals surface area contributed by atoms with Crippen molar-refractivity contribution in [2.75, 3.05) is 13.2 Å². The number of aliphatic hydroxyl groups excluding tert-OH is 1. The van der Waals surface area contributed by atoms with Crippen LogP contribution in [0.15, 0.2) is 61.2 Å². The number of rotatable bonds is 6. The molecule has 128 valence electrons. The number of hydrogen-bond acceptors (Lipinski definition) is 4. The first kappa shape index (κ1) is 15.7. The maximum atomic E-state index is 9.11. The number of hydrogen-bond donors (Lipinski definition) is 1. The summed E-state index contributed by atoms with van der Waals surface area (Å²) in [5, 5.41) is 9.11. The van der Waals surface area contributed by atoms with Crippen molar-refractivity contribution in [2.24, 2.45) is 0 Å². The molecule has 1 aliphatic heterocycles. The summed E-state index contributed by atoms with van der Waals surface area (Å²) < 4.78 is 13.6. The van der Waals surface area contributed by atoms with E-state index in [1.165, 1.54) is 0 Å². The van der Waals surface area contributed by atoms with Crippen LogP contribution in [0.2, 0.25) is 0 Å². The summed E-state index contributed by atoms with van der Waals surface area (Å²) in [6.07, 6.45) is 6.19. The van der Waals surface area contributed by atoms with Crippen molar-refractivity contribution >= 4 is 0 Å². The Morgan fingerprint density at radius 1 is 1.20 bits per heavy atom. The third-order valence-corrected chi connectivity index (χ3v) is 4.49. The molecule has 3 aromatic rings. The SMILES string of the molecule is OCCC1COc2cc(OCc3ccc(-n4ccnc4)cc3)ccc21. The number of aliphatic hydroxyl groups is 1. The van der Waals surface area contributed by atoms with Crippen molar-refractivity contribution < 1.29 is 14.6 Å². The minimum atomic E-state index is 0.181. The molecule has 0 spiro atoms. The van der Waals surface area contributed by atoms with Gasteiger partial charge in [0.1, 0.15) is 18.1 Å². The molecule has 1 N–H and O–H groups in total. The number of imidazole rings is 1. The molecule has 5 heteroatoms. The molecule has 0 aliphatic carbocycles. The zero-order chi connectivity index (χ0) is 17.1. The lowest BCUT2D eigenvalue weighted by Gasteiger charge is -2.10. The van der Waals surface area contributed by atoms with Crippen LogP contribution in [0, 0.1) is 0 Å². The first-order valence-corrected chi connectivity index (χ1v) is 8.41. The van der Waals surface area contributed by atoms with Gasteiger partial charge in [0.2, 0.25) is 0 Å². The van der Waals surface area contributed by atoms with Crippen LogP contribution in [-0.4, -0.2) is 27.9 Å². The molecular weight excluding hydrogens is 316 g/mol. The summed E-state index contributed by atoms with van der Waals surface area (Å²) in [5.41, 5.74) is 3.33. The Morgan fingerprint density at radius 2 is 2.08 bits per heavy atom. The van der Waals surface area contributed by atoms with Crippen LogP contribution in [0.5, 0.6) is 11.5 Å². The van der Waals surface area contributed by atoms with Crippen LogP contribution in [0.3, 0.4) is 0 Å². The van der Waals surface area contributed by atoms with Gasteiger partial charge < -0.3 is 19.1 Å². The fourth-order valence-electron chi connectivity index (χ4n) is 3.08. The van der Waals surface area contributed by atoms with Gasteiger partial charge in [0.25, 0.3) is 0 Å². The van der Waals surface area contributed by atoms with Crippen molar-refractivity contribution in [3.8, 4) is 17.2 Å². The van der Waals surface area contributed by atoms with Crippen LogP contribution in [0.25, 0.3) is 5.69 Å². The summed E-state index contributed by atoms with van der Waals surface area (Å²) in [6, 6.07) is 14.1. The molecule has 0 fully saturated rings. The van der Waals surface area contributed by atoms with Gasteiger partial charge >= 0.3 is 0 Å². The van der Waals surface area contributed by atoms with E-state index < -0.39 is 0 Å². The van der Waals surface area contributed by atoms with E-state index in [0.29, 0.717) is 13.2 Å². The summed E-state index contributed by atoms with van der Waals surface area (Å²) in [4.78, 5) is 4.05. The normalized spacial score (nSPS) is 15.6. The van der Waals surface area contributed by atoms with E-state index in [-0.39, 0.29) is 12.5 Å². The molecule has 1 aliphatic rings. The molecule has 4 rings (SSSR count). The molecule has 1 aromatic heterocycles. The maximum absolute atomic E-state index is 9.11. The molecule has 25 heavy (non-hydrogen) atoms. The lowest BCUT2D eigenvalue weighted by Crippen LogP contribution is -2.02. The molecule has 2 heterocycles. The molecule has 0 saturated carbocycles. The monoisotopic (exact) mass is 336 g/mol. The fourth-order valence-corrected chi connectivity index (χ4v) is 3.08. The predicted molar refractivity (Wildman–Crippen MR) is 94.3 cm³/mol. The summed E-state index contributed by atoms with van der Waals surface area (Å²) >= 11 is 0. The van der Waals surface area contributed by atoms with Crippen LogP contribution in [0.4, 0.5) is 0 Å². The fraction of sp³-hybridized carbons (Fsp3) is 0.250. The van der Waals surface area contributed by atoms with Crippen LogP contribution < -0.4 is 9.47 Å². The third kappa shape index (κ3) is 3.37. The summed E-state index contributed by atoms with van der Waals surface area (Å²) in [6.45, 7) is 1.32. The van der Waals surface area contributed by atoms with Crippen molar-refractivity contribution in [1.29, 1.82) is 0 Å². The Bertz CT molecular complexity index is 829.